The molecule has 4 N–H and O–H groups in total. The van der Waals surface area contributed by atoms with Gasteiger partial charge < -0.3 is 15.7 Å². The van der Waals surface area contributed by atoms with Crippen LogP contribution in [0.3, 0.4) is 0 Å². The van der Waals surface area contributed by atoms with Crippen LogP contribution in [0, 0.1) is 5.92 Å². The Bertz CT molecular complexity index is 407. The van der Waals surface area contributed by atoms with E-state index in [2.05, 4.69) is 15.4 Å². The quantitative estimate of drug-likeness (QED) is 0.473. The molecule has 112 valence electrons. The maximum atomic E-state index is 11.4. The van der Waals surface area contributed by atoms with Gasteiger partial charge in [0.2, 0.25) is 10.0 Å². The number of carboxylic acid groups (broad SMARTS) is 1. The van der Waals surface area contributed by atoms with Gasteiger partial charge in [0, 0.05) is 6.54 Å². The lowest BCUT2D eigenvalue weighted by atomic mass is 10.0. The SMILES string of the molecule is CNS(=O)(=O)CCNC(=O)NC(CC(C)C)C(=O)O. The molecule has 0 aromatic heterocycles. The zero-order valence-corrected chi connectivity index (χ0v) is 12.1. The Kier molecular flexibility index (Phi) is 7.38. The third-order valence-corrected chi connectivity index (χ3v) is 3.64. The van der Waals surface area contributed by atoms with Gasteiger partial charge >= 0.3 is 12.0 Å². The van der Waals surface area contributed by atoms with Crippen LogP contribution in [0.1, 0.15) is 20.3 Å². The van der Waals surface area contributed by atoms with Crippen LogP contribution in [-0.4, -0.2) is 50.9 Å². The maximum absolute atomic E-state index is 11.4. The Balaban J connectivity index is 4.18. The number of hydrogen-bond donors (Lipinski definition) is 4. The zero-order chi connectivity index (χ0) is 15.1. The number of aliphatic carboxylic acids is 1. The summed E-state index contributed by atoms with van der Waals surface area (Å²) in [5.74, 6) is -1.27. The van der Waals surface area contributed by atoms with Crippen molar-refractivity contribution in [3.63, 3.8) is 0 Å². The average Bonchev–Trinajstić information content (AvgIpc) is 2.27. The van der Waals surface area contributed by atoms with Gasteiger partial charge in [-0.1, -0.05) is 13.8 Å². The molecule has 0 aliphatic rings. The molecular weight excluding hydrogens is 274 g/mol. The molecule has 1 unspecified atom stereocenters. The normalized spacial score (nSPS) is 13.1. The van der Waals surface area contributed by atoms with Gasteiger partial charge in [0.15, 0.2) is 0 Å². The summed E-state index contributed by atoms with van der Waals surface area (Å²) in [7, 11) is -2.11. The highest BCUT2D eigenvalue weighted by Crippen LogP contribution is 2.04. The molecule has 0 saturated heterocycles. The molecule has 8 nitrogen and oxygen atoms in total. The van der Waals surface area contributed by atoms with Crippen molar-refractivity contribution < 1.29 is 23.1 Å². The Labute approximate surface area is 113 Å². The highest BCUT2D eigenvalue weighted by Gasteiger charge is 2.20. The molecule has 0 rings (SSSR count). The third kappa shape index (κ3) is 8.38. The number of urea groups is 1. The number of amides is 2. The van der Waals surface area contributed by atoms with Crippen molar-refractivity contribution in [2.75, 3.05) is 19.3 Å². The second kappa shape index (κ2) is 7.95. The van der Waals surface area contributed by atoms with Crippen molar-refractivity contribution in [3.05, 3.63) is 0 Å². The summed E-state index contributed by atoms with van der Waals surface area (Å²) in [6, 6.07) is -1.68. The summed E-state index contributed by atoms with van der Waals surface area (Å²) in [6.45, 7) is 3.59. The molecule has 0 bridgehead atoms. The molecule has 2 amide bonds. The van der Waals surface area contributed by atoms with Gasteiger partial charge in [0.05, 0.1) is 5.75 Å². The fourth-order valence-corrected chi connectivity index (χ4v) is 1.88. The molecular formula is C10H21N3O5S. The first kappa shape index (κ1) is 17.6. The van der Waals surface area contributed by atoms with E-state index >= 15 is 0 Å². The van der Waals surface area contributed by atoms with Gasteiger partial charge in [-0.25, -0.2) is 22.7 Å². The first-order valence-electron chi connectivity index (χ1n) is 5.86. The minimum atomic E-state index is -3.39. The monoisotopic (exact) mass is 295 g/mol. The molecule has 0 aromatic carbocycles. The number of hydrogen-bond acceptors (Lipinski definition) is 4. The summed E-state index contributed by atoms with van der Waals surface area (Å²) < 4.78 is 24.3. The number of carboxylic acids is 1. The van der Waals surface area contributed by atoms with Gasteiger partial charge in [0.1, 0.15) is 6.04 Å². The lowest BCUT2D eigenvalue weighted by Crippen LogP contribution is -2.47. The molecule has 0 fully saturated rings. The Morgan fingerprint density at radius 1 is 1.26 bits per heavy atom. The maximum Gasteiger partial charge on any atom is 0.326 e. The smallest absolute Gasteiger partial charge is 0.326 e. The van der Waals surface area contributed by atoms with E-state index in [1.54, 1.807) is 0 Å². The van der Waals surface area contributed by atoms with Crippen molar-refractivity contribution in [2.45, 2.75) is 26.3 Å². The van der Waals surface area contributed by atoms with Crippen LogP contribution < -0.4 is 15.4 Å². The van der Waals surface area contributed by atoms with Crippen LogP contribution in [0.5, 0.6) is 0 Å². The van der Waals surface area contributed by atoms with Crippen LogP contribution in [0.15, 0.2) is 0 Å². The van der Waals surface area contributed by atoms with Gasteiger partial charge in [0.25, 0.3) is 0 Å². The van der Waals surface area contributed by atoms with E-state index in [0.717, 1.165) is 0 Å². The molecule has 0 aliphatic heterocycles. The van der Waals surface area contributed by atoms with Crippen molar-refractivity contribution in [1.29, 1.82) is 0 Å². The fraction of sp³-hybridized carbons (Fsp3) is 0.800. The number of rotatable bonds is 8. The summed E-state index contributed by atoms with van der Waals surface area (Å²) in [6.07, 6.45) is 0.303. The summed E-state index contributed by atoms with van der Waals surface area (Å²) in [5.41, 5.74) is 0. The predicted molar refractivity (Wildman–Crippen MR) is 70.3 cm³/mol. The zero-order valence-electron chi connectivity index (χ0n) is 11.3. The van der Waals surface area contributed by atoms with Crippen molar-refractivity contribution in [1.82, 2.24) is 15.4 Å². The van der Waals surface area contributed by atoms with Crippen molar-refractivity contribution in [2.24, 2.45) is 5.92 Å². The van der Waals surface area contributed by atoms with Crippen LogP contribution in [-0.2, 0) is 14.8 Å². The molecule has 19 heavy (non-hydrogen) atoms. The molecule has 0 saturated carbocycles. The number of carbonyl (C=O) groups excluding carboxylic acids is 1. The second-order valence-electron chi connectivity index (χ2n) is 4.44. The summed E-state index contributed by atoms with van der Waals surface area (Å²) >= 11 is 0. The van der Waals surface area contributed by atoms with Gasteiger partial charge in [-0.15, -0.1) is 0 Å². The second-order valence-corrected chi connectivity index (χ2v) is 6.49. The van der Waals surface area contributed by atoms with E-state index < -0.39 is 28.1 Å². The first-order valence-corrected chi connectivity index (χ1v) is 7.51. The molecule has 0 heterocycles. The number of sulfonamides is 1. The first-order chi connectivity index (χ1) is 8.68. The van der Waals surface area contributed by atoms with E-state index in [9.17, 15) is 18.0 Å². The third-order valence-electron chi connectivity index (χ3n) is 2.28. The van der Waals surface area contributed by atoms with E-state index in [4.69, 9.17) is 5.11 Å². The Hall–Kier alpha value is -1.35. The largest absolute Gasteiger partial charge is 0.480 e. The predicted octanol–water partition coefficient (Wildman–Crippen LogP) is -0.666. The molecule has 1 atom stereocenters. The van der Waals surface area contributed by atoms with Crippen molar-refractivity contribution in [3.8, 4) is 0 Å². The average molecular weight is 295 g/mol. The highest BCUT2D eigenvalue weighted by atomic mass is 32.2. The van der Waals surface area contributed by atoms with Crippen LogP contribution in [0.25, 0.3) is 0 Å². The van der Waals surface area contributed by atoms with E-state index in [1.165, 1.54) is 7.05 Å². The Morgan fingerprint density at radius 3 is 2.26 bits per heavy atom. The topological polar surface area (TPSA) is 125 Å². The van der Waals surface area contributed by atoms with Gasteiger partial charge in [-0.05, 0) is 19.4 Å². The highest BCUT2D eigenvalue weighted by molar-refractivity contribution is 7.89. The molecule has 0 aliphatic carbocycles. The molecule has 0 radical (unpaired) electrons. The lowest BCUT2D eigenvalue weighted by Gasteiger charge is -2.16. The van der Waals surface area contributed by atoms with E-state index in [-0.39, 0.29) is 18.2 Å². The van der Waals surface area contributed by atoms with Crippen LogP contribution in [0.2, 0.25) is 0 Å². The minimum Gasteiger partial charge on any atom is -0.480 e. The molecule has 9 heteroatoms. The number of nitrogens with one attached hydrogen (secondary N) is 3. The molecule has 0 aromatic rings. The van der Waals surface area contributed by atoms with E-state index in [1.807, 2.05) is 13.8 Å². The van der Waals surface area contributed by atoms with Gasteiger partial charge in [-0.2, -0.15) is 0 Å². The van der Waals surface area contributed by atoms with Crippen LogP contribution in [0.4, 0.5) is 4.79 Å². The lowest BCUT2D eigenvalue weighted by molar-refractivity contribution is -0.139. The summed E-state index contributed by atoms with van der Waals surface area (Å²) in [5, 5.41) is 13.5. The van der Waals surface area contributed by atoms with E-state index in [0.29, 0.717) is 6.42 Å². The molecule has 0 spiro atoms. The minimum absolute atomic E-state index is 0.0942. The Morgan fingerprint density at radius 2 is 1.84 bits per heavy atom. The standard InChI is InChI=1S/C10H21N3O5S/c1-7(2)6-8(9(14)15)13-10(16)12-4-5-19(17,18)11-3/h7-8,11H,4-6H2,1-3H3,(H,14,15)(H2,12,13,16). The van der Waals surface area contributed by atoms with Crippen LogP contribution >= 0.6 is 0 Å². The number of carbonyl (C=O) groups is 2. The van der Waals surface area contributed by atoms with Gasteiger partial charge in [-0.3, -0.25) is 0 Å². The summed E-state index contributed by atoms with van der Waals surface area (Å²) in [4.78, 5) is 22.3. The van der Waals surface area contributed by atoms with Crippen molar-refractivity contribution >= 4 is 22.0 Å². The fourth-order valence-electron chi connectivity index (χ4n) is 1.30.